The van der Waals surface area contributed by atoms with Crippen molar-refractivity contribution in [3.63, 3.8) is 0 Å². The lowest BCUT2D eigenvalue weighted by atomic mass is 9.90. The van der Waals surface area contributed by atoms with Gasteiger partial charge in [-0.2, -0.15) is 0 Å². The Balaban J connectivity index is 2.12. The molecule has 0 saturated carbocycles. The van der Waals surface area contributed by atoms with E-state index >= 15 is 0 Å². The molecule has 0 fully saturated rings. The van der Waals surface area contributed by atoms with Crippen LogP contribution in [0, 0.1) is 0 Å². The number of nitrogens with two attached hydrogens (primary N) is 1. The van der Waals surface area contributed by atoms with Gasteiger partial charge in [0.1, 0.15) is 6.10 Å². The van der Waals surface area contributed by atoms with E-state index in [1.54, 1.807) is 0 Å². The molecule has 0 aliphatic heterocycles. The number of aliphatic hydroxyl groups is 1. The molecule has 2 heteroatoms. The van der Waals surface area contributed by atoms with Crippen LogP contribution in [-0.2, 0) is 0 Å². The molecule has 0 heterocycles. The molecule has 2 atom stereocenters. The summed E-state index contributed by atoms with van der Waals surface area (Å²) in [5.41, 5.74) is 7.89. The van der Waals surface area contributed by atoms with Crippen molar-refractivity contribution in [3.8, 4) is 0 Å². The Morgan fingerprint density at radius 1 is 1.27 bits per heavy atom. The monoisotopic (exact) mass is 203 g/mol. The first-order valence-electron chi connectivity index (χ1n) is 5.45. The topological polar surface area (TPSA) is 46.2 Å². The third-order valence-electron chi connectivity index (χ3n) is 2.95. The van der Waals surface area contributed by atoms with Gasteiger partial charge in [-0.3, -0.25) is 0 Å². The van der Waals surface area contributed by atoms with Crippen LogP contribution in [0.1, 0.15) is 30.9 Å². The summed E-state index contributed by atoms with van der Waals surface area (Å²) in [6.45, 7) is 0. The molecule has 1 aromatic rings. The van der Waals surface area contributed by atoms with E-state index in [0.717, 1.165) is 30.4 Å². The minimum absolute atomic E-state index is 0.275. The van der Waals surface area contributed by atoms with Crippen LogP contribution in [0.3, 0.4) is 0 Å². The lowest BCUT2D eigenvalue weighted by Crippen LogP contribution is -2.23. The first-order chi connectivity index (χ1) is 7.27. The van der Waals surface area contributed by atoms with Crippen molar-refractivity contribution in [2.24, 2.45) is 5.73 Å². The molecule has 80 valence electrons. The summed E-state index contributed by atoms with van der Waals surface area (Å²) in [6, 6.07) is 10.1. The normalized spacial score (nSPS) is 23.3. The summed E-state index contributed by atoms with van der Waals surface area (Å²) in [5, 5.41) is 10.1. The Hall–Kier alpha value is -1.12. The van der Waals surface area contributed by atoms with Gasteiger partial charge in [-0.15, -0.1) is 0 Å². The molecular formula is C13H17NO. The Morgan fingerprint density at radius 3 is 2.60 bits per heavy atom. The average Bonchev–Trinajstić information content (AvgIpc) is 2.30. The second-order valence-electron chi connectivity index (χ2n) is 4.13. The number of aliphatic hydroxyl groups excluding tert-OH is 1. The van der Waals surface area contributed by atoms with Gasteiger partial charge in [0, 0.05) is 6.04 Å². The summed E-state index contributed by atoms with van der Waals surface area (Å²) in [7, 11) is 0. The molecule has 2 nitrogen and oxygen atoms in total. The quantitative estimate of drug-likeness (QED) is 0.723. The highest BCUT2D eigenvalue weighted by molar-refractivity contribution is 5.27. The molecule has 15 heavy (non-hydrogen) atoms. The highest BCUT2D eigenvalue weighted by atomic mass is 16.3. The Morgan fingerprint density at radius 2 is 2.00 bits per heavy atom. The molecule has 0 spiro atoms. The van der Waals surface area contributed by atoms with Crippen LogP contribution in [0.4, 0.5) is 0 Å². The first-order valence-corrected chi connectivity index (χ1v) is 5.45. The summed E-state index contributed by atoms with van der Waals surface area (Å²) < 4.78 is 0. The predicted octanol–water partition coefficient (Wildman–Crippen LogP) is 2.16. The summed E-state index contributed by atoms with van der Waals surface area (Å²) in [6.07, 6.45) is 4.43. The largest absolute Gasteiger partial charge is 0.384 e. The average molecular weight is 203 g/mol. The van der Waals surface area contributed by atoms with E-state index in [0.29, 0.717) is 0 Å². The minimum atomic E-state index is -0.446. The molecule has 3 N–H and O–H groups in total. The summed E-state index contributed by atoms with van der Waals surface area (Å²) in [5.74, 6) is 0. The maximum atomic E-state index is 10.1. The fourth-order valence-electron chi connectivity index (χ4n) is 1.97. The molecule has 0 radical (unpaired) electrons. The van der Waals surface area contributed by atoms with Gasteiger partial charge in [0.2, 0.25) is 0 Å². The van der Waals surface area contributed by atoms with Crippen LogP contribution in [0.25, 0.3) is 0 Å². The van der Waals surface area contributed by atoms with Crippen molar-refractivity contribution in [2.75, 3.05) is 0 Å². The molecule has 0 bridgehead atoms. The number of benzene rings is 1. The van der Waals surface area contributed by atoms with Crippen LogP contribution in [0.15, 0.2) is 42.0 Å². The van der Waals surface area contributed by atoms with Crippen LogP contribution in [0.5, 0.6) is 0 Å². The fraction of sp³-hybridized carbons (Fsp3) is 0.385. The van der Waals surface area contributed by atoms with Crippen molar-refractivity contribution < 1.29 is 5.11 Å². The zero-order valence-electron chi connectivity index (χ0n) is 8.76. The maximum Gasteiger partial charge on any atom is 0.100 e. The molecule has 2 unspecified atom stereocenters. The highest BCUT2D eigenvalue weighted by Crippen LogP contribution is 2.28. The van der Waals surface area contributed by atoms with E-state index in [9.17, 15) is 5.11 Å². The number of rotatable bonds is 2. The van der Waals surface area contributed by atoms with E-state index < -0.39 is 6.10 Å². The molecule has 0 aromatic heterocycles. The lowest BCUT2D eigenvalue weighted by molar-refractivity contribution is 0.207. The Labute approximate surface area is 90.4 Å². The van der Waals surface area contributed by atoms with Gasteiger partial charge in [-0.25, -0.2) is 0 Å². The zero-order chi connectivity index (χ0) is 10.7. The van der Waals surface area contributed by atoms with Crippen molar-refractivity contribution in [3.05, 3.63) is 47.5 Å². The van der Waals surface area contributed by atoms with Crippen LogP contribution in [0.2, 0.25) is 0 Å². The maximum absolute atomic E-state index is 10.1. The second-order valence-corrected chi connectivity index (χ2v) is 4.13. The third kappa shape index (κ3) is 2.46. The van der Waals surface area contributed by atoms with Crippen LogP contribution >= 0.6 is 0 Å². The number of hydrogen-bond acceptors (Lipinski definition) is 2. The SMILES string of the molecule is NC1CC=C(C(O)c2ccccc2)CC1. The third-order valence-corrected chi connectivity index (χ3v) is 2.95. The van der Waals surface area contributed by atoms with Gasteiger partial charge in [0.25, 0.3) is 0 Å². The summed E-state index contributed by atoms with van der Waals surface area (Å²) >= 11 is 0. The standard InChI is InChI=1S/C13H17NO/c14-12-8-6-11(7-9-12)13(15)10-4-2-1-3-5-10/h1-6,12-13,15H,7-9,14H2. The van der Waals surface area contributed by atoms with Crippen molar-refractivity contribution in [2.45, 2.75) is 31.4 Å². The molecule has 0 amide bonds. The van der Waals surface area contributed by atoms with E-state index in [4.69, 9.17) is 5.73 Å². The van der Waals surface area contributed by atoms with Crippen molar-refractivity contribution in [1.29, 1.82) is 0 Å². The summed E-state index contributed by atoms with van der Waals surface area (Å²) in [4.78, 5) is 0. The van der Waals surface area contributed by atoms with Gasteiger partial charge in [0.15, 0.2) is 0 Å². The Kier molecular flexibility index (Phi) is 3.19. The molecule has 1 aliphatic carbocycles. The lowest BCUT2D eigenvalue weighted by Gasteiger charge is -2.22. The Bertz CT molecular complexity index is 345. The van der Waals surface area contributed by atoms with E-state index in [-0.39, 0.29) is 6.04 Å². The fourth-order valence-corrected chi connectivity index (χ4v) is 1.97. The molecular weight excluding hydrogens is 186 g/mol. The smallest absolute Gasteiger partial charge is 0.100 e. The van der Waals surface area contributed by atoms with Crippen LogP contribution < -0.4 is 5.73 Å². The van der Waals surface area contributed by atoms with E-state index in [1.165, 1.54) is 0 Å². The molecule has 1 aromatic carbocycles. The van der Waals surface area contributed by atoms with Gasteiger partial charge >= 0.3 is 0 Å². The highest BCUT2D eigenvalue weighted by Gasteiger charge is 2.17. The van der Waals surface area contributed by atoms with Crippen molar-refractivity contribution in [1.82, 2.24) is 0 Å². The van der Waals surface area contributed by atoms with Gasteiger partial charge in [-0.05, 0) is 30.4 Å². The predicted molar refractivity (Wildman–Crippen MR) is 61.3 cm³/mol. The van der Waals surface area contributed by atoms with Gasteiger partial charge in [-0.1, -0.05) is 36.4 Å². The van der Waals surface area contributed by atoms with E-state index in [2.05, 4.69) is 6.08 Å². The van der Waals surface area contributed by atoms with Gasteiger partial charge < -0.3 is 10.8 Å². The molecule has 2 rings (SSSR count). The zero-order valence-corrected chi connectivity index (χ0v) is 8.76. The van der Waals surface area contributed by atoms with E-state index in [1.807, 2.05) is 30.3 Å². The number of hydrogen-bond donors (Lipinski definition) is 2. The molecule has 0 saturated heterocycles. The first kappa shape index (κ1) is 10.4. The minimum Gasteiger partial charge on any atom is -0.384 e. The molecule has 1 aliphatic rings. The second kappa shape index (κ2) is 4.60. The van der Waals surface area contributed by atoms with Gasteiger partial charge in [0.05, 0.1) is 0 Å². The van der Waals surface area contributed by atoms with Crippen molar-refractivity contribution >= 4 is 0 Å². The van der Waals surface area contributed by atoms with Crippen LogP contribution in [-0.4, -0.2) is 11.1 Å².